The van der Waals surface area contributed by atoms with Gasteiger partial charge in [-0.25, -0.2) is 4.79 Å². The lowest BCUT2D eigenvalue weighted by molar-refractivity contribution is -0.141. The summed E-state index contributed by atoms with van der Waals surface area (Å²) in [5.74, 6) is -0.373. The summed E-state index contributed by atoms with van der Waals surface area (Å²) in [6.07, 6.45) is 0.0969. The number of benzene rings is 2. The Hall–Kier alpha value is -2.66. The first-order chi connectivity index (χ1) is 10.6. The predicted molar refractivity (Wildman–Crippen MR) is 81.4 cm³/mol. The second-order valence-electron chi connectivity index (χ2n) is 4.71. The standard InChI is InChI=1S/C17H17NO4/c1-21-16(19)11-15(18)12-7-9-14(10-8-12)22-17(20)13-5-3-2-4-6-13/h2-10,15H,11,18H2,1H3. The van der Waals surface area contributed by atoms with E-state index >= 15 is 0 Å². The van der Waals surface area contributed by atoms with E-state index in [-0.39, 0.29) is 12.4 Å². The molecule has 2 aromatic rings. The van der Waals surface area contributed by atoms with Gasteiger partial charge in [0.2, 0.25) is 0 Å². The quantitative estimate of drug-likeness (QED) is 0.677. The molecule has 0 radical (unpaired) electrons. The van der Waals surface area contributed by atoms with E-state index in [1.165, 1.54) is 7.11 Å². The average molecular weight is 299 g/mol. The zero-order valence-electron chi connectivity index (χ0n) is 12.2. The van der Waals surface area contributed by atoms with Crippen LogP contribution in [0.4, 0.5) is 0 Å². The number of hydrogen-bond acceptors (Lipinski definition) is 5. The van der Waals surface area contributed by atoms with E-state index in [9.17, 15) is 9.59 Å². The van der Waals surface area contributed by atoms with Crippen molar-refractivity contribution in [3.63, 3.8) is 0 Å². The number of hydrogen-bond donors (Lipinski definition) is 1. The molecule has 1 unspecified atom stereocenters. The Kier molecular flexibility index (Phi) is 5.27. The largest absolute Gasteiger partial charge is 0.469 e. The van der Waals surface area contributed by atoms with Gasteiger partial charge in [0.05, 0.1) is 19.1 Å². The molecule has 0 aliphatic carbocycles. The number of nitrogens with two attached hydrogens (primary N) is 1. The van der Waals surface area contributed by atoms with Crippen molar-refractivity contribution in [1.82, 2.24) is 0 Å². The SMILES string of the molecule is COC(=O)CC(N)c1ccc(OC(=O)c2ccccc2)cc1. The molecule has 0 aliphatic heterocycles. The topological polar surface area (TPSA) is 78.6 Å². The van der Waals surface area contributed by atoms with Crippen LogP contribution in [0.1, 0.15) is 28.4 Å². The van der Waals surface area contributed by atoms with Crippen LogP contribution in [-0.2, 0) is 9.53 Å². The summed E-state index contributed by atoms with van der Waals surface area (Å²) in [6, 6.07) is 15.0. The van der Waals surface area contributed by atoms with Crippen molar-refractivity contribution in [2.24, 2.45) is 5.73 Å². The lowest BCUT2D eigenvalue weighted by Crippen LogP contribution is -2.16. The minimum Gasteiger partial charge on any atom is -0.469 e. The minimum atomic E-state index is -0.452. The lowest BCUT2D eigenvalue weighted by atomic mass is 10.0. The number of esters is 2. The Morgan fingerprint density at radius 3 is 2.27 bits per heavy atom. The van der Waals surface area contributed by atoms with E-state index in [0.717, 1.165) is 5.56 Å². The molecule has 0 aliphatic rings. The van der Waals surface area contributed by atoms with Gasteiger partial charge in [-0.2, -0.15) is 0 Å². The van der Waals surface area contributed by atoms with Gasteiger partial charge in [0.1, 0.15) is 5.75 Å². The zero-order chi connectivity index (χ0) is 15.9. The summed E-state index contributed by atoms with van der Waals surface area (Å²) >= 11 is 0. The molecular weight excluding hydrogens is 282 g/mol. The van der Waals surface area contributed by atoms with Crippen LogP contribution < -0.4 is 10.5 Å². The van der Waals surface area contributed by atoms with Crippen molar-refractivity contribution in [2.75, 3.05) is 7.11 Å². The van der Waals surface area contributed by atoms with E-state index in [0.29, 0.717) is 11.3 Å². The number of carbonyl (C=O) groups is 2. The van der Waals surface area contributed by atoms with E-state index < -0.39 is 12.0 Å². The molecule has 5 nitrogen and oxygen atoms in total. The van der Waals surface area contributed by atoms with Gasteiger partial charge in [-0.05, 0) is 29.8 Å². The summed E-state index contributed by atoms with van der Waals surface area (Å²) in [5.41, 5.74) is 7.15. The molecule has 5 heteroatoms. The van der Waals surface area contributed by atoms with Crippen LogP contribution in [0.3, 0.4) is 0 Å². The normalized spacial score (nSPS) is 11.5. The van der Waals surface area contributed by atoms with Gasteiger partial charge in [-0.3, -0.25) is 4.79 Å². The van der Waals surface area contributed by atoms with Gasteiger partial charge >= 0.3 is 11.9 Å². The molecule has 0 saturated heterocycles. The van der Waals surface area contributed by atoms with Gasteiger partial charge in [-0.1, -0.05) is 30.3 Å². The maximum atomic E-state index is 11.9. The van der Waals surface area contributed by atoms with Crippen LogP contribution in [-0.4, -0.2) is 19.0 Å². The number of carbonyl (C=O) groups excluding carboxylic acids is 2. The lowest BCUT2D eigenvalue weighted by Gasteiger charge is -2.11. The maximum absolute atomic E-state index is 11.9. The Bertz CT molecular complexity index is 637. The molecule has 0 saturated carbocycles. The molecule has 0 aromatic heterocycles. The highest BCUT2D eigenvalue weighted by atomic mass is 16.5. The van der Waals surface area contributed by atoms with Crippen LogP contribution >= 0.6 is 0 Å². The van der Waals surface area contributed by atoms with E-state index in [1.807, 2.05) is 6.07 Å². The number of ether oxygens (including phenoxy) is 2. The van der Waals surface area contributed by atoms with Gasteiger partial charge in [0.15, 0.2) is 0 Å². The third kappa shape index (κ3) is 4.17. The molecule has 0 heterocycles. The summed E-state index contributed by atoms with van der Waals surface area (Å²) in [4.78, 5) is 23.1. The smallest absolute Gasteiger partial charge is 0.343 e. The first kappa shape index (κ1) is 15.7. The third-order valence-corrected chi connectivity index (χ3v) is 3.14. The first-order valence-electron chi connectivity index (χ1n) is 6.79. The van der Waals surface area contributed by atoms with Crippen molar-refractivity contribution < 1.29 is 19.1 Å². The molecule has 2 aromatic carbocycles. The van der Waals surface area contributed by atoms with Crippen LogP contribution in [0.25, 0.3) is 0 Å². The summed E-state index contributed by atoms with van der Waals surface area (Å²) in [7, 11) is 1.32. The van der Waals surface area contributed by atoms with Crippen LogP contribution in [0, 0.1) is 0 Å². The molecule has 0 spiro atoms. The summed E-state index contributed by atoms with van der Waals surface area (Å²) < 4.78 is 9.85. The highest BCUT2D eigenvalue weighted by Gasteiger charge is 2.13. The summed E-state index contributed by atoms with van der Waals surface area (Å²) in [6.45, 7) is 0. The molecule has 0 bridgehead atoms. The Balaban J connectivity index is 2.00. The number of rotatable bonds is 5. The van der Waals surface area contributed by atoms with Crippen molar-refractivity contribution in [3.8, 4) is 5.75 Å². The highest BCUT2D eigenvalue weighted by Crippen LogP contribution is 2.19. The summed E-state index contributed by atoms with van der Waals surface area (Å²) in [5, 5.41) is 0. The predicted octanol–water partition coefficient (Wildman–Crippen LogP) is 2.47. The fourth-order valence-electron chi connectivity index (χ4n) is 1.90. The molecule has 0 fully saturated rings. The van der Waals surface area contributed by atoms with Crippen LogP contribution in [0.5, 0.6) is 5.75 Å². The van der Waals surface area contributed by atoms with Crippen molar-refractivity contribution in [3.05, 3.63) is 65.7 Å². The van der Waals surface area contributed by atoms with Crippen LogP contribution in [0.15, 0.2) is 54.6 Å². The Labute approximate surface area is 128 Å². The van der Waals surface area contributed by atoms with E-state index in [4.69, 9.17) is 10.5 Å². The minimum absolute atomic E-state index is 0.0969. The molecular formula is C17H17NO4. The van der Waals surface area contributed by atoms with Gasteiger partial charge in [0, 0.05) is 6.04 Å². The molecule has 0 amide bonds. The molecule has 114 valence electrons. The zero-order valence-corrected chi connectivity index (χ0v) is 12.2. The third-order valence-electron chi connectivity index (χ3n) is 3.14. The Morgan fingerprint density at radius 2 is 1.68 bits per heavy atom. The van der Waals surface area contributed by atoms with Crippen molar-refractivity contribution in [1.29, 1.82) is 0 Å². The maximum Gasteiger partial charge on any atom is 0.343 e. The van der Waals surface area contributed by atoms with Gasteiger partial charge in [0.25, 0.3) is 0 Å². The van der Waals surface area contributed by atoms with Gasteiger partial charge < -0.3 is 15.2 Å². The van der Waals surface area contributed by atoms with E-state index in [2.05, 4.69) is 4.74 Å². The highest BCUT2D eigenvalue weighted by molar-refractivity contribution is 5.90. The van der Waals surface area contributed by atoms with E-state index in [1.54, 1.807) is 48.5 Å². The van der Waals surface area contributed by atoms with Gasteiger partial charge in [-0.15, -0.1) is 0 Å². The second kappa shape index (κ2) is 7.38. The fraction of sp³-hybridized carbons (Fsp3) is 0.176. The second-order valence-corrected chi connectivity index (χ2v) is 4.71. The Morgan fingerprint density at radius 1 is 1.05 bits per heavy atom. The molecule has 1 atom stereocenters. The molecule has 22 heavy (non-hydrogen) atoms. The first-order valence-corrected chi connectivity index (χ1v) is 6.79. The monoisotopic (exact) mass is 299 g/mol. The number of methoxy groups -OCH3 is 1. The van der Waals surface area contributed by atoms with Crippen molar-refractivity contribution in [2.45, 2.75) is 12.5 Å². The van der Waals surface area contributed by atoms with Crippen LogP contribution in [0.2, 0.25) is 0 Å². The average Bonchev–Trinajstić information content (AvgIpc) is 2.56. The van der Waals surface area contributed by atoms with Crippen molar-refractivity contribution >= 4 is 11.9 Å². The fourth-order valence-corrected chi connectivity index (χ4v) is 1.90. The molecule has 2 N–H and O–H groups in total. The molecule has 2 rings (SSSR count).